The first-order chi connectivity index (χ1) is 10.4. The minimum absolute atomic E-state index is 0.321. The van der Waals surface area contributed by atoms with Crippen molar-refractivity contribution >= 4 is 17.7 Å². The summed E-state index contributed by atoms with van der Waals surface area (Å²) >= 11 is 5.93. The van der Waals surface area contributed by atoms with Crippen LogP contribution in [0.25, 0.3) is 6.08 Å². The van der Waals surface area contributed by atoms with Crippen molar-refractivity contribution in [3.8, 4) is 0 Å². The highest BCUT2D eigenvalue weighted by molar-refractivity contribution is 6.30. The molecule has 116 valence electrons. The standard InChI is InChI=1S/C17H20ClN3O/c1-16(2)14(9-13-3-5-15(18)6-4-13)7-8-17(16,22)10-21-12-19-11-20-21/h3-6,9,11-12,22H,7-8,10H2,1-2H3/b14-9+. The maximum atomic E-state index is 11.1. The lowest BCUT2D eigenvalue weighted by Gasteiger charge is -2.37. The van der Waals surface area contributed by atoms with Gasteiger partial charge in [0.2, 0.25) is 0 Å². The average Bonchev–Trinajstić information content (AvgIpc) is 3.04. The van der Waals surface area contributed by atoms with Gasteiger partial charge in [0.25, 0.3) is 0 Å². The molecule has 0 aliphatic heterocycles. The van der Waals surface area contributed by atoms with Crippen molar-refractivity contribution < 1.29 is 5.11 Å². The molecule has 1 heterocycles. The second-order valence-electron chi connectivity index (χ2n) is 6.47. The molecule has 1 aromatic heterocycles. The summed E-state index contributed by atoms with van der Waals surface area (Å²) in [6, 6.07) is 7.77. The Hall–Kier alpha value is -1.65. The molecular weight excluding hydrogens is 298 g/mol. The minimum atomic E-state index is -0.820. The zero-order valence-corrected chi connectivity index (χ0v) is 13.6. The van der Waals surface area contributed by atoms with Gasteiger partial charge in [-0.2, -0.15) is 5.10 Å². The molecule has 5 heteroatoms. The monoisotopic (exact) mass is 317 g/mol. The van der Waals surface area contributed by atoms with Gasteiger partial charge in [0.1, 0.15) is 12.7 Å². The molecule has 0 radical (unpaired) electrons. The normalized spacial score (nSPS) is 25.7. The smallest absolute Gasteiger partial charge is 0.137 e. The van der Waals surface area contributed by atoms with E-state index >= 15 is 0 Å². The highest BCUT2D eigenvalue weighted by atomic mass is 35.5. The Kier molecular flexibility index (Phi) is 3.83. The Bertz CT molecular complexity index is 676. The highest BCUT2D eigenvalue weighted by Gasteiger charge is 2.50. The zero-order valence-electron chi connectivity index (χ0n) is 12.8. The molecule has 3 rings (SSSR count). The molecule has 1 aromatic carbocycles. The molecular formula is C17H20ClN3O. The lowest BCUT2D eigenvalue weighted by atomic mass is 9.75. The van der Waals surface area contributed by atoms with E-state index in [1.807, 2.05) is 24.3 Å². The number of hydrogen-bond acceptors (Lipinski definition) is 3. The molecule has 22 heavy (non-hydrogen) atoms. The molecule has 1 atom stereocenters. The van der Waals surface area contributed by atoms with Crippen LogP contribution in [-0.4, -0.2) is 25.5 Å². The van der Waals surface area contributed by atoms with Crippen molar-refractivity contribution in [1.29, 1.82) is 0 Å². The van der Waals surface area contributed by atoms with Crippen LogP contribution in [0, 0.1) is 5.41 Å². The summed E-state index contributed by atoms with van der Waals surface area (Å²) < 4.78 is 1.70. The van der Waals surface area contributed by atoms with Gasteiger partial charge >= 0.3 is 0 Å². The molecule has 0 bridgehead atoms. The lowest BCUT2D eigenvalue weighted by Crippen LogP contribution is -2.44. The third-order valence-electron chi connectivity index (χ3n) is 4.88. The number of aromatic nitrogens is 3. The Morgan fingerprint density at radius 3 is 2.68 bits per heavy atom. The fraction of sp³-hybridized carbons (Fsp3) is 0.412. The van der Waals surface area contributed by atoms with Gasteiger partial charge in [-0.25, -0.2) is 4.98 Å². The third kappa shape index (κ3) is 2.69. The Labute approximate surface area is 135 Å². The summed E-state index contributed by atoms with van der Waals surface area (Å²) in [5, 5.41) is 16.0. The van der Waals surface area contributed by atoms with Crippen LogP contribution in [0.3, 0.4) is 0 Å². The number of aliphatic hydroxyl groups is 1. The van der Waals surface area contributed by atoms with Crippen molar-refractivity contribution in [1.82, 2.24) is 14.8 Å². The van der Waals surface area contributed by atoms with Crippen LogP contribution >= 0.6 is 11.6 Å². The van der Waals surface area contributed by atoms with Crippen molar-refractivity contribution in [2.24, 2.45) is 5.41 Å². The van der Waals surface area contributed by atoms with Gasteiger partial charge in [0, 0.05) is 10.4 Å². The zero-order chi connectivity index (χ0) is 15.8. The van der Waals surface area contributed by atoms with E-state index in [0.717, 1.165) is 23.4 Å². The molecule has 1 fully saturated rings. The minimum Gasteiger partial charge on any atom is -0.387 e. The Balaban J connectivity index is 1.87. The molecule has 1 aliphatic rings. The van der Waals surface area contributed by atoms with E-state index in [9.17, 15) is 5.11 Å². The van der Waals surface area contributed by atoms with Crippen LogP contribution in [0.4, 0.5) is 0 Å². The van der Waals surface area contributed by atoms with Gasteiger partial charge in [0.15, 0.2) is 0 Å². The summed E-state index contributed by atoms with van der Waals surface area (Å²) in [7, 11) is 0. The fourth-order valence-electron chi connectivity index (χ4n) is 3.14. The van der Waals surface area contributed by atoms with Gasteiger partial charge < -0.3 is 5.11 Å². The quantitative estimate of drug-likeness (QED) is 0.941. The first kappa shape index (κ1) is 15.3. The number of rotatable bonds is 3. The van der Waals surface area contributed by atoms with Gasteiger partial charge in [-0.3, -0.25) is 4.68 Å². The van der Waals surface area contributed by atoms with E-state index in [1.54, 1.807) is 11.0 Å². The first-order valence-corrected chi connectivity index (χ1v) is 7.80. The van der Waals surface area contributed by atoms with Gasteiger partial charge in [0.05, 0.1) is 12.1 Å². The highest BCUT2D eigenvalue weighted by Crippen LogP contribution is 2.51. The second-order valence-corrected chi connectivity index (χ2v) is 6.91. The van der Waals surface area contributed by atoms with E-state index in [-0.39, 0.29) is 5.41 Å². The van der Waals surface area contributed by atoms with E-state index in [2.05, 4.69) is 30.0 Å². The van der Waals surface area contributed by atoms with E-state index < -0.39 is 5.60 Å². The van der Waals surface area contributed by atoms with Crippen molar-refractivity contribution in [2.45, 2.75) is 38.8 Å². The van der Waals surface area contributed by atoms with Gasteiger partial charge in [-0.15, -0.1) is 0 Å². The molecule has 1 aliphatic carbocycles. The predicted molar refractivity (Wildman–Crippen MR) is 87.4 cm³/mol. The molecule has 1 unspecified atom stereocenters. The van der Waals surface area contributed by atoms with E-state index in [4.69, 9.17) is 11.6 Å². The van der Waals surface area contributed by atoms with Gasteiger partial charge in [-0.1, -0.05) is 49.2 Å². The third-order valence-corrected chi connectivity index (χ3v) is 5.13. The van der Waals surface area contributed by atoms with Crippen LogP contribution in [0.5, 0.6) is 0 Å². The maximum Gasteiger partial charge on any atom is 0.137 e. The number of halogens is 1. The lowest BCUT2D eigenvalue weighted by molar-refractivity contribution is -0.0473. The van der Waals surface area contributed by atoms with Crippen molar-refractivity contribution in [2.75, 3.05) is 0 Å². The van der Waals surface area contributed by atoms with E-state index in [0.29, 0.717) is 6.54 Å². The van der Waals surface area contributed by atoms with Crippen molar-refractivity contribution in [3.63, 3.8) is 0 Å². The molecule has 0 spiro atoms. The Morgan fingerprint density at radius 2 is 2.05 bits per heavy atom. The van der Waals surface area contributed by atoms with Crippen LogP contribution < -0.4 is 0 Å². The number of hydrogen-bond donors (Lipinski definition) is 1. The first-order valence-electron chi connectivity index (χ1n) is 7.42. The molecule has 0 amide bonds. The molecule has 1 N–H and O–H groups in total. The van der Waals surface area contributed by atoms with Crippen LogP contribution in [-0.2, 0) is 6.54 Å². The maximum absolute atomic E-state index is 11.1. The molecule has 2 aromatic rings. The molecule has 0 saturated heterocycles. The number of benzene rings is 1. The largest absolute Gasteiger partial charge is 0.387 e. The summed E-state index contributed by atoms with van der Waals surface area (Å²) in [5.74, 6) is 0. The average molecular weight is 318 g/mol. The second kappa shape index (κ2) is 5.52. The Morgan fingerprint density at radius 1 is 1.32 bits per heavy atom. The van der Waals surface area contributed by atoms with Crippen molar-refractivity contribution in [3.05, 3.63) is 53.1 Å². The molecule has 1 saturated carbocycles. The topological polar surface area (TPSA) is 50.9 Å². The fourth-order valence-corrected chi connectivity index (χ4v) is 3.26. The van der Waals surface area contributed by atoms with Crippen LogP contribution in [0.1, 0.15) is 32.3 Å². The van der Waals surface area contributed by atoms with Crippen LogP contribution in [0.15, 0.2) is 42.5 Å². The van der Waals surface area contributed by atoms with E-state index in [1.165, 1.54) is 11.9 Å². The number of nitrogens with zero attached hydrogens (tertiary/aromatic N) is 3. The summed E-state index contributed by atoms with van der Waals surface area (Å²) in [4.78, 5) is 3.95. The summed E-state index contributed by atoms with van der Waals surface area (Å²) in [6.45, 7) is 4.65. The van der Waals surface area contributed by atoms with Gasteiger partial charge in [-0.05, 0) is 30.5 Å². The van der Waals surface area contributed by atoms with Crippen LogP contribution in [0.2, 0.25) is 5.02 Å². The summed E-state index contributed by atoms with van der Waals surface area (Å²) in [5.41, 5.74) is 1.22. The molecule has 4 nitrogen and oxygen atoms in total. The SMILES string of the molecule is CC1(C)/C(=C/c2ccc(Cl)cc2)CCC1(O)Cn1cncn1. The predicted octanol–water partition coefficient (Wildman–Crippen LogP) is 3.57. The summed E-state index contributed by atoms with van der Waals surface area (Å²) in [6.07, 6.45) is 6.90.